The molecular formula is C29H16BrNO2. The van der Waals surface area contributed by atoms with Gasteiger partial charge in [0.2, 0.25) is 5.60 Å². The average molecular weight is 490 g/mol. The molecule has 0 bridgehead atoms. The number of fused-ring (bicyclic) bond motifs is 9. The van der Waals surface area contributed by atoms with E-state index >= 15 is 0 Å². The molecule has 0 fully saturated rings. The summed E-state index contributed by atoms with van der Waals surface area (Å²) in [5, 5.41) is 4.54. The van der Waals surface area contributed by atoms with Crippen molar-refractivity contribution in [1.82, 2.24) is 4.98 Å². The van der Waals surface area contributed by atoms with Crippen molar-refractivity contribution in [2.45, 2.75) is 11.7 Å². The summed E-state index contributed by atoms with van der Waals surface area (Å²) in [6.07, 6.45) is 5.76. The summed E-state index contributed by atoms with van der Waals surface area (Å²) in [4.78, 5) is 4.33. The van der Waals surface area contributed by atoms with Crippen molar-refractivity contribution in [1.29, 1.82) is 0 Å². The van der Waals surface area contributed by atoms with E-state index in [4.69, 9.17) is 9.47 Å². The molecule has 8 rings (SSSR count). The predicted octanol–water partition coefficient (Wildman–Crippen LogP) is 7.43. The Hall–Kier alpha value is -3.63. The third-order valence-corrected chi connectivity index (χ3v) is 7.96. The SMILES string of the molecule is Brc1cccc2c3c(ccc12)O[C@@]12C(=Cc4ccccc41)c1c(ccc4cnccc14)O[C@H]32. The van der Waals surface area contributed by atoms with Gasteiger partial charge in [0.15, 0.2) is 6.10 Å². The molecular weight excluding hydrogens is 474 g/mol. The Balaban J connectivity index is 1.51. The number of hydrogen-bond donors (Lipinski definition) is 0. The number of aromatic nitrogens is 1. The quantitative estimate of drug-likeness (QED) is 0.226. The van der Waals surface area contributed by atoms with Crippen LogP contribution in [0.1, 0.15) is 28.4 Å². The van der Waals surface area contributed by atoms with Crippen molar-refractivity contribution in [2.24, 2.45) is 0 Å². The van der Waals surface area contributed by atoms with E-state index in [1.807, 2.05) is 12.4 Å². The molecule has 3 aliphatic rings. The van der Waals surface area contributed by atoms with E-state index < -0.39 is 5.60 Å². The Bertz CT molecular complexity index is 1710. The molecule has 3 nitrogen and oxygen atoms in total. The monoisotopic (exact) mass is 489 g/mol. The number of nitrogens with zero attached hydrogens (tertiary/aromatic N) is 1. The fourth-order valence-electron chi connectivity index (χ4n) is 5.93. The fourth-order valence-corrected chi connectivity index (χ4v) is 6.42. The van der Waals surface area contributed by atoms with Crippen molar-refractivity contribution in [3.63, 3.8) is 0 Å². The van der Waals surface area contributed by atoms with Crippen LogP contribution in [0.25, 0.3) is 33.2 Å². The molecule has 0 radical (unpaired) electrons. The van der Waals surface area contributed by atoms with E-state index in [1.165, 1.54) is 5.56 Å². The summed E-state index contributed by atoms with van der Waals surface area (Å²) in [5.41, 5.74) is 4.98. The lowest BCUT2D eigenvalue weighted by molar-refractivity contribution is 0.0240. The van der Waals surface area contributed by atoms with Gasteiger partial charge in [0.1, 0.15) is 11.5 Å². The van der Waals surface area contributed by atoms with E-state index in [2.05, 4.69) is 99.8 Å². The van der Waals surface area contributed by atoms with Crippen molar-refractivity contribution in [3.05, 3.63) is 112 Å². The molecule has 0 unspecified atom stereocenters. The van der Waals surface area contributed by atoms with Crippen LogP contribution in [-0.2, 0) is 5.60 Å². The van der Waals surface area contributed by atoms with Gasteiger partial charge in [-0.1, -0.05) is 52.3 Å². The van der Waals surface area contributed by atoms with E-state index in [0.29, 0.717) is 0 Å². The Morgan fingerprint density at radius 3 is 2.70 bits per heavy atom. The molecule has 1 spiro atoms. The first kappa shape index (κ1) is 17.9. The normalized spacial score (nSPS) is 21.4. The van der Waals surface area contributed by atoms with Crippen molar-refractivity contribution >= 4 is 49.1 Å². The van der Waals surface area contributed by atoms with Crippen LogP contribution in [0.4, 0.5) is 0 Å². The van der Waals surface area contributed by atoms with Gasteiger partial charge < -0.3 is 9.47 Å². The average Bonchev–Trinajstić information content (AvgIpc) is 3.37. The molecule has 1 aliphatic carbocycles. The second-order valence-electron chi connectivity index (χ2n) is 8.83. The molecule has 0 N–H and O–H groups in total. The van der Waals surface area contributed by atoms with E-state index in [9.17, 15) is 0 Å². The molecule has 0 saturated carbocycles. The van der Waals surface area contributed by atoms with E-state index in [-0.39, 0.29) is 6.10 Å². The Labute approximate surface area is 198 Å². The van der Waals surface area contributed by atoms with Gasteiger partial charge in [-0.25, -0.2) is 0 Å². The van der Waals surface area contributed by atoms with Gasteiger partial charge >= 0.3 is 0 Å². The van der Waals surface area contributed by atoms with Gasteiger partial charge in [0.05, 0.1) is 0 Å². The summed E-state index contributed by atoms with van der Waals surface area (Å²) in [6.45, 7) is 0. The first-order valence-electron chi connectivity index (χ1n) is 11.0. The number of hydrogen-bond acceptors (Lipinski definition) is 3. The van der Waals surface area contributed by atoms with Crippen molar-refractivity contribution in [3.8, 4) is 11.5 Å². The maximum absolute atomic E-state index is 6.98. The van der Waals surface area contributed by atoms with Gasteiger partial charge in [0.25, 0.3) is 0 Å². The Morgan fingerprint density at radius 1 is 0.818 bits per heavy atom. The minimum Gasteiger partial charge on any atom is -0.480 e. The van der Waals surface area contributed by atoms with Crippen molar-refractivity contribution < 1.29 is 9.47 Å². The first-order valence-corrected chi connectivity index (χ1v) is 11.8. The van der Waals surface area contributed by atoms with Crippen LogP contribution in [0.3, 0.4) is 0 Å². The molecule has 4 aromatic carbocycles. The number of benzene rings is 4. The van der Waals surface area contributed by atoms with Gasteiger partial charge in [-0.15, -0.1) is 0 Å². The lowest BCUT2D eigenvalue weighted by atomic mass is 9.77. The first-order chi connectivity index (χ1) is 16.3. The lowest BCUT2D eigenvalue weighted by Crippen LogP contribution is -2.40. The smallest absolute Gasteiger partial charge is 0.201 e. The maximum Gasteiger partial charge on any atom is 0.201 e. The topological polar surface area (TPSA) is 31.4 Å². The van der Waals surface area contributed by atoms with Crippen LogP contribution in [0, 0.1) is 0 Å². The standard InChI is InChI=1S/C29H16BrNO2/c30-23-7-3-5-20-19(23)9-11-25-27(20)28-29(33-25)21-6-2-1-4-16(21)14-22(29)26-18-12-13-31-15-17(18)8-10-24(26)32-28/h1-15,28H/t28-,29-/m1/s1. The van der Waals surface area contributed by atoms with Crippen LogP contribution in [-0.4, -0.2) is 4.98 Å². The lowest BCUT2D eigenvalue weighted by Gasteiger charge is -2.40. The molecule has 33 heavy (non-hydrogen) atoms. The minimum atomic E-state index is -0.722. The Kier molecular flexibility index (Phi) is 3.27. The third-order valence-electron chi connectivity index (χ3n) is 7.27. The highest BCUT2D eigenvalue weighted by Crippen LogP contribution is 2.66. The summed E-state index contributed by atoms with van der Waals surface area (Å²) in [5.74, 6) is 1.77. The highest BCUT2D eigenvalue weighted by molar-refractivity contribution is 9.10. The summed E-state index contributed by atoms with van der Waals surface area (Å²) >= 11 is 3.73. The molecule has 3 heterocycles. The number of pyridine rings is 1. The van der Waals surface area contributed by atoms with Crippen molar-refractivity contribution in [2.75, 3.05) is 0 Å². The number of halogens is 1. The highest BCUT2D eigenvalue weighted by Gasteiger charge is 2.61. The predicted molar refractivity (Wildman–Crippen MR) is 133 cm³/mol. The number of rotatable bonds is 0. The summed E-state index contributed by atoms with van der Waals surface area (Å²) in [6, 6.07) is 25.3. The molecule has 2 atom stereocenters. The third kappa shape index (κ3) is 2.08. The summed E-state index contributed by atoms with van der Waals surface area (Å²) < 4.78 is 14.9. The van der Waals surface area contributed by atoms with E-state index in [1.54, 1.807) is 0 Å². The Morgan fingerprint density at radius 2 is 1.73 bits per heavy atom. The largest absolute Gasteiger partial charge is 0.480 e. The number of ether oxygens (including phenoxy) is 2. The zero-order valence-electron chi connectivity index (χ0n) is 17.4. The van der Waals surface area contributed by atoms with Gasteiger partial charge in [0, 0.05) is 44.5 Å². The zero-order chi connectivity index (χ0) is 21.7. The van der Waals surface area contributed by atoms with Crippen LogP contribution in [0.5, 0.6) is 11.5 Å². The zero-order valence-corrected chi connectivity index (χ0v) is 19.0. The maximum atomic E-state index is 6.98. The molecule has 156 valence electrons. The summed E-state index contributed by atoms with van der Waals surface area (Å²) in [7, 11) is 0. The molecule has 4 heteroatoms. The van der Waals surface area contributed by atoms with Crippen LogP contribution in [0.15, 0.2) is 89.7 Å². The molecule has 0 amide bonds. The molecule has 2 aliphatic heterocycles. The van der Waals surface area contributed by atoms with Crippen LogP contribution >= 0.6 is 15.9 Å². The van der Waals surface area contributed by atoms with Crippen LogP contribution in [0.2, 0.25) is 0 Å². The van der Waals surface area contributed by atoms with Crippen LogP contribution < -0.4 is 9.47 Å². The second-order valence-corrected chi connectivity index (χ2v) is 9.68. The highest BCUT2D eigenvalue weighted by atomic mass is 79.9. The molecule has 1 aromatic heterocycles. The van der Waals surface area contributed by atoms with Gasteiger partial charge in [-0.2, -0.15) is 0 Å². The van der Waals surface area contributed by atoms with E-state index in [0.717, 1.165) is 59.8 Å². The van der Waals surface area contributed by atoms with Gasteiger partial charge in [-0.05, 0) is 64.2 Å². The fraction of sp³-hybridized carbons (Fsp3) is 0.0690. The minimum absolute atomic E-state index is 0.285. The second kappa shape index (κ2) is 6.03. The molecule has 5 aromatic rings. The molecule has 0 saturated heterocycles. The van der Waals surface area contributed by atoms with Gasteiger partial charge in [-0.3, -0.25) is 4.98 Å².